The molecule has 2 aliphatic heterocycles. The first kappa shape index (κ1) is 18.3. The summed E-state index contributed by atoms with van der Waals surface area (Å²) in [7, 11) is 0. The molecule has 0 aliphatic carbocycles. The summed E-state index contributed by atoms with van der Waals surface area (Å²) in [5, 5.41) is 11.3. The molecule has 0 bridgehead atoms. The molecule has 31 heavy (non-hydrogen) atoms. The maximum atomic E-state index is 5.51. The molecule has 0 atom stereocenters. The summed E-state index contributed by atoms with van der Waals surface area (Å²) in [6.07, 6.45) is 3.97. The molecule has 4 aromatic rings. The van der Waals surface area contributed by atoms with Gasteiger partial charge in [-0.05, 0) is 34.9 Å². The fraction of sp³-hybridized carbons (Fsp3) is 0.240. The molecule has 0 unspecified atom stereocenters. The second-order valence-electron chi connectivity index (χ2n) is 8.02. The van der Waals surface area contributed by atoms with Gasteiger partial charge in [-0.3, -0.25) is 0 Å². The Morgan fingerprint density at radius 1 is 0.839 bits per heavy atom. The SMILES string of the molecule is c1cc2c(c(-c3cn(-c4ccc5ccccc5c4)nn3)c1)N=C(N1CCOCC1)CC2. The summed E-state index contributed by atoms with van der Waals surface area (Å²) in [4.78, 5) is 7.43. The fourth-order valence-corrected chi connectivity index (χ4v) is 4.45. The molecule has 6 heteroatoms. The van der Waals surface area contributed by atoms with E-state index in [1.165, 1.54) is 16.3 Å². The lowest BCUT2D eigenvalue weighted by Crippen LogP contribution is -2.41. The third kappa shape index (κ3) is 3.39. The highest BCUT2D eigenvalue weighted by Crippen LogP contribution is 2.36. The first-order valence-electron chi connectivity index (χ1n) is 10.8. The van der Waals surface area contributed by atoms with Gasteiger partial charge in [0.05, 0.1) is 30.8 Å². The standard InChI is InChI=1S/C25H23N5O/c1-2-5-20-16-21(10-8-18(20)4-1)30-17-23(27-28-30)22-7-3-6-19-9-11-24(26-25(19)22)29-12-14-31-15-13-29/h1-8,10,16-17H,9,11-15H2. The number of amidine groups is 1. The number of hydrogen-bond acceptors (Lipinski definition) is 5. The molecular weight excluding hydrogens is 386 g/mol. The van der Waals surface area contributed by atoms with Crippen molar-refractivity contribution in [3.05, 3.63) is 72.4 Å². The molecule has 1 fully saturated rings. The van der Waals surface area contributed by atoms with Gasteiger partial charge in [0.15, 0.2) is 0 Å². The number of aromatic nitrogens is 3. The van der Waals surface area contributed by atoms with Crippen LogP contribution in [0.2, 0.25) is 0 Å². The van der Waals surface area contributed by atoms with Crippen LogP contribution in [0.15, 0.2) is 71.9 Å². The van der Waals surface area contributed by atoms with Crippen LogP contribution in [0.25, 0.3) is 27.7 Å². The minimum Gasteiger partial charge on any atom is -0.378 e. The van der Waals surface area contributed by atoms with E-state index in [0.29, 0.717) is 0 Å². The van der Waals surface area contributed by atoms with Crippen molar-refractivity contribution in [3.63, 3.8) is 0 Å². The predicted molar refractivity (Wildman–Crippen MR) is 122 cm³/mol. The molecule has 3 aromatic carbocycles. The van der Waals surface area contributed by atoms with Crippen LogP contribution in [0.4, 0.5) is 5.69 Å². The van der Waals surface area contributed by atoms with Crippen molar-refractivity contribution in [1.82, 2.24) is 19.9 Å². The lowest BCUT2D eigenvalue weighted by Gasteiger charge is -2.32. The number of aliphatic imine (C=N–C) groups is 1. The van der Waals surface area contributed by atoms with Crippen LogP contribution < -0.4 is 0 Å². The molecule has 3 heterocycles. The maximum absolute atomic E-state index is 5.51. The van der Waals surface area contributed by atoms with Gasteiger partial charge in [-0.2, -0.15) is 0 Å². The number of rotatable bonds is 2. The minimum atomic E-state index is 0.771. The van der Waals surface area contributed by atoms with Gasteiger partial charge in [0.2, 0.25) is 0 Å². The quantitative estimate of drug-likeness (QED) is 0.493. The van der Waals surface area contributed by atoms with Crippen LogP contribution in [0, 0.1) is 0 Å². The second kappa shape index (κ2) is 7.63. The summed E-state index contributed by atoms with van der Waals surface area (Å²) in [6.45, 7) is 3.37. The average Bonchev–Trinajstić information content (AvgIpc) is 3.34. The summed E-state index contributed by atoms with van der Waals surface area (Å²) in [5.41, 5.74) is 5.18. The van der Waals surface area contributed by atoms with Gasteiger partial charge in [0.1, 0.15) is 11.5 Å². The highest BCUT2D eigenvalue weighted by molar-refractivity contribution is 5.91. The van der Waals surface area contributed by atoms with E-state index < -0.39 is 0 Å². The molecule has 0 spiro atoms. The molecule has 0 amide bonds. The van der Waals surface area contributed by atoms with Gasteiger partial charge in [0.25, 0.3) is 0 Å². The molecule has 2 aliphatic rings. The number of benzene rings is 3. The number of hydrogen-bond donors (Lipinski definition) is 0. The normalized spacial score (nSPS) is 16.3. The van der Waals surface area contributed by atoms with Crippen molar-refractivity contribution in [2.75, 3.05) is 26.3 Å². The van der Waals surface area contributed by atoms with E-state index in [1.54, 1.807) is 0 Å². The number of ether oxygens (including phenoxy) is 1. The van der Waals surface area contributed by atoms with E-state index in [0.717, 1.165) is 67.6 Å². The van der Waals surface area contributed by atoms with E-state index in [9.17, 15) is 0 Å². The van der Waals surface area contributed by atoms with E-state index in [2.05, 4.69) is 75.9 Å². The van der Waals surface area contributed by atoms with Crippen molar-refractivity contribution < 1.29 is 4.74 Å². The molecule has 6 rings (SSSR count). The molecule has 1 saturated heterocycles. The number of nitrogens with zero attached hydrogens (tertiary/aromatic N) is 5. The van der Waals surface area contributed by atoms with E-state index in [-0.39, 0.29) is 0 Å². The Labute approximate surface area is 180 Å². The largest absolute Gasteiger partial charge is 0.378 e. The Bertz CT molecular complexity index is 1290. The Kier molecular flexibility index (Phi) is 4.50. The average molecular weight is 409 g/mol. The third-order valence-electron chi connectivity index (χ3n) is 6.12. The zero-order valence-corrected chi connectivity index (χ0v) is 17.2. The van der Waals surface area contributed by atoms with Crippen molar-refractivity contribution in [2.45, 2.75) is 12.8 Å². The number of morpholine rings is 1. The Hall–Kier alpha value is -3.51. The van der Waals surface area contributed by atoms with E-state index >= 15 is 0 Å². The van der Waals surface area contributed by atoms with Gasteiger partial charge >= 0.3 is 0 Å². The van der Waals surface area contributed by atoms with Crippen LogP contribution in [0.3, 0.4) is 0 Å². The number of fused-ring (bicyclic) bond motifs is 2. The van der Waals surface area contributed by atoms with Crippen molar-refractivity contribution >= 4 is 22.3 Å². The third-order valence-corrected chi connectivity index (χ3v) is 6.12. The predicted octanol–water partition coefficient (Wildman–Crippen LogP) is 4.40. The van der Waals surface area contributed by atoms with Crippen LogP contribution in [0.5, 0.6) is 0 Å². The van der Waals surface area contributed by atoms with Crippen LogP contribution in [-0.4, -0.2) is 52.0 Å². The zero-order chi connectivity index (χ0) is 20.6. The van der Waals surface area contributed by atoms with Gasteiger partial charge in [-0.25, -0.2) is 9.67 Å². The Morgan fingerprint density at radius 2 is 1.71 bits per heavy atom. The highest BCUT2D eigenvalue weighted by atomic mass is 16.5. The second-order valence-corrected chi connectivity index (χ2v) is 8.02. The molecule has 0 N–H and O–H groups in total. The summed E-state index contributed by atoms with van der Waals surface area (Å²) in [6, 6.07) is 21.1. The van der Waals surface area contributed by atoms with E-state index in [4.69, 9.17) is 9.73 Å². The molecule has 0 saturated carbocycles. The summed E-state index contributed by atoms with van der Waals surface area (Å²) >= 11 is 0. The number of aryl methyl sites for hydroxylation is 1. The smallest absolute Gasteiger partial charge is 0.115 e. The zero-order valence-electron chi connectivity index (χ0n) is 17.2. The summed E-state index contributed by atoms with van der Waals surface area (Å²) < 4.78 is 7.35. The van der Waals surface area contributed by atoms with Crippen LogP contribution in [-0.2, 0) is 11.2 Å². The summed E-state index contributed by atoms with van der Waals surface area (Å²) in [5.74, 6) is 1.16. The van der Waals surface area contributed by atoms with Crippen LogP contribution >= 0.6 is 0 Å². The van der Waals surface area contributed by atoms with Crippen molar-refractivity contribution in [2.24, 2.45) is 4.99 Å². The highest BCUT2D eigenvalue weighted by Gasteiger charge is 2.22. The molecule has 154 valence electrons. The first-order chi connectivity index (χ1) is 15.3. The monoisotopic (exact) mass is 409 g/mol. The van der Waals surface area contributed by atoms with Crippen LogP contribution in [0.1, 0.15) is 12.0 Å². The van der Waals surface area contributed by atoms with Crippen molar-refractivity contribution in [1.29, 1.82) is 0 Å². The maximum Gasteiger partial charge on any atom is 0.115 e. The molecule has 0 radical (unpaired) electrons. The topological polar surface area (TPSA) is 55.5 Å². The van der Waals surface area contributed by atoms with Gasteiger partial charge in [-0.15, -0.1) is 5.10 Å². The van der Waals surface area contributed by atoms with Gasteiger partial charge in [-0.1, -0.05) is 53.7 Å². The lowest BCUT2D eigenvalue weighted by molar-refractivity contribution is 0.0671. The Morgan fingerprint density at radius 3 is 2.61 bits per heavy atom. The first-order valence-corrected chi connectivity index (χ1v) is 10.8. The van der Waals surface area contributed by atoms with Gasteiger partial charge in [0, 0.05) is 25.1 Å². The Balaban J connectivity index is 1.37. The lowest BCUT2D eigenvalue weighted by atomic mass is 9.98. The fourth-order valence-electron chi connectivity index (χ4n) is 4.45. The minimum absolute atomic E-state index is 0.771. The van der Waals surface area contributed by atoms with Crippen molar-refractivity contribution in [3.8, 4) is 16.9 Å². The number of para-hydroxylation sites is 1. The molecule has 1 aromatic heterocycles. The molecular formula is C25H23N5O. The van der Waals surface area contributed by atoms with E-state index in [1.807, 2.05) is 10.9 Å². The van der Waals surface area contributed by atoms with Gasteiger partial charge < -0.3 is 9.64 Å². The molecule has 6 nitrogen and oxygen atoms in total.